The molecule has 7 nitrogen and oxygen atoms in total. The molecule has 1 amide bonds. The Morgan fingerprint density at radius 3 is 2.58 bits per heavy atom. The van der Waals surface area contributed by atoms with Gasteiger partial charge in [-0.25, -0.2) is 0 Å². The predicted octanol–water partition coefficient (Wildman–Crippen LogP) is 2.35. The van der Waals surface area contributed by atoms with Gasteiger partial charge >= 0.3 is 0 Å². The average Bonchev–Trinajstić information content (AvgIpc) is 2.62. The predicted molar refractivity (Wildman–Crippen MR) is 102 cm³/mol. The Bertz CT molecular complexity index is 750. The van der Waals surface area contributed by atoms with Gasteiger partial charge in [-0.05, 0) is 24.5 Å². The van der Waals surface area contributed by atoms with Crippen LogP contribution in [-0.4, -0.2) is 41.9 Å². The summed E-state index contributed by atoms with van der Waals surface area (Å²) in [7, 11) is 0. The number of hydrogen-bond acceptors (Lipinski definition) is 5. The number of hydrogen-bond donors (Lipinski definition) is 2. The number of amides is 1. The molecule has 26 heavy (non-hydrogen) atoms. The molecule has 0 heterocycles. The molecule has 0 saturated carbocycles. The highest BCUT2D eigenvalue weighted by Gasteiger charge is 2.14. The summed E-state index contributed by atoms with van der Waals surface area (Å²) >= 11 is 0. The Labute approximate surface area is 153 Å². The van der Waals surface area contributed by atoms with Crippen LogP contribution in [0.15, 0.2) is 48.5 Å². The molecule has 2 rings (SSSR count). The molecule has 0 spiro atoms. The Balaban J connectivity index is 1.96. The first-order valence-corrected chi connectivity index (χ1v) is 8.51. The minimum atomic E-state index is -0.477. The van der Waals surface area contributed by atoms with E-state index in [4.69, 9.17) is 5.73 Å². The van der Waals surface area contributed by atoms with Gasteiger partial charge in [0.05, 0.1) is 17.2 Å². The van der Waals surface area contributed by atoms with Gasteiger partial charge in [-0.1, -0.05) is 36.4 Å². The molecular formula is C19H24N4O3. The molecule has 0 unspecified atom stereocenters. The van der Waals surface area contributed by atoms with Crippen molar-refractivity contribution in [1.29, 1.82) is 0 Å². The van der Waals surface area contributed by atoms with Crippen molar-refractivity contribution in [2.24, 2.45) is 5.73 Å². The Morgan fingerprint density at radius 1 is 1.19 bits per heavy atom. The summed E-state index contributed by atoms with van der Waals surface area (Å²) in [6, 6.07) is 14.5. The van der Waals surface area contributed by atoms with Crippen LogP contribution in [0.3, 0.4) is 0 Å². The van der Waals surface area contributed by atoms with E-state index in [1.165, 1.54) is 17.7 Å². The third-order valence-corrected chi connectivity index (χ3v) is 4.08. The SMILES string of the molecule is Cc1ccc([N+](=O)[O-])cc1NC(=O)CN(CCN)CCc1ccccc1. The summed E-state index contributed by atoms with van der Waals surface area (Å²) in [5.74, 6) is -0.213. The second kappa shape index (κ2) is 9.65. The van der Waals surface area contributed by atoms with Gasteiger partial charge in [-0.3, -0.25) is 19.8 Å². The molecule has 2 aromatic rings. The molecule has 0 bridgehead atoms. The van der Waals surface area contributed by atoms with Crippen LogP contribution in [0.5, 0.6) is 0 Å². The van der Waals surface area contributed by atoms with Crippen LogP contribution >= 0.6 is 0 Å². The maximum Gasteiger partial charge on any atom is 0.271 e. The van der Waals surface area contributed by atoms with Crippen molar-refractivity contribution in [1.82, 2.24) is 4.90 Å². The molecular weight excluding hydrogens is 332 g/mol. The van der Waals surface area contributed by atoms with Gasteiger partial charge in [-0.15, -0.1) is 0 Å². The number of benzene rings is 2. The highest BCUT2D eigenvalue weighted by molar-refractivity contribution is 5.93. The maximum absolute atomic E-state index is 12.4. The molecule has 0 aliphatic heterocycles. The van der Waals surface area contributed by atoms with Crippen LogP contribution in [0, 0.1) is 17.0 Å². The molecule has 138 valence electrons. The van der Waals surface area contributed by atoms with Crippen LogP contribution in [-0.2, 0) is 11.2 Å². The molecule has 0 saturated heterocycles. The summed E-state index contributed by atoms with van der Waals surface area (Å²) in [6.45, 7) is 3.76. The minimum Gasteiger partial charge on any atom is -0.329 e. The zero-order valence-corrected chi connectivity index (χ0v) is 14.9. The largest absolute Gasteiger partial charge is 0.329 e. The minimum absolute atomic E-state index is 0.0474. The van der Waals surface area contributed by atoms with Gasteiger partial charge in [0.1, 0.15) is 0 Å². The van der Waals surface area contributed by atoms with Crippen molar-refractivity contribution < 1.29 is 9.72 Å². The topological polar surface area (TPSA) is 102 Å². The van der Waals surface area contributed by atoms with Crippen LogP contribution < -0.4 is 11.1 Å². The van der Waals surface area contributed by atoms with Gasteiger partial charge in [0.25, 0.3) is 5.69 Å². The molecule has 0 radical (unpaired) electrons. The summed E-state index contributed by atoms with van der Waals surface area (Å²) < 4.78 is 0. The molecule has 0 aromatic heterocycles. The first kappa shape index (κ1) is 19.6. The lowest BCUT2D eigenvalue weighted by Gasteiger charge is -2.21. The van der Waals surface area contributed by atoms with Gasteiger partial charge in [0.15, 0.2) is 0 Å². The van der Waals surface area contributed by atoms with Gasteiger partial charge < -0.3 is 11.1 Å². The third-order valence-electron chi connectivity index (χ3n) is 4.08. The lowest BCUT2D eigenvalue weighted by molar-refractivity contribution is -0.384. The Kier molecular flexibility index (Phi) is 7.25. The summed E-state index contributed by atoms with van der Waals surface area (Å²) in [5, 5.41) is 13.7. The van der Waals surface area contributed by atoms with Crippen LogP contribution in [0.25, 0.3) is 0 Å². The van der Waals surface area contributed by atoms with Crippen molar-refractivity contribution in [2.45, 2.75) is 13.3 Å². The van der Waals surface area contributed by atoms with Gasteiger partial charge in [0.2, 0.25) is 5.91 Å². The number of nitro benzene ring substituents is 1. The van der Waals surface area contributed by atoms with E-state index in [9.17, 15) is 14.9 Å². The fourth-order valence-corrected chi connectivity index (χ4v) is 2.64. The van der Waals surface area contributed by atoms with E-state index in [1.807, 2.05) is 35.2 Å². The van der Waals surface area contributed by atoms with E-state index in [0.29, 0.717) is 25.3 Å². The van der Waals surface area contributed by atoms with Crippen LogP contribution in [0.1, 0.15) is 11.1 Å². The fourth-order valence-electron chi connectivity index (χ4n) is 2.64. The summed E-state index contributed by atoms with van der Waals surface area (Å²) in [5.41, 5.74) is 8.04. The smallest absolute Gasteiger partial charge is 0.271 e. The highest BCUT2D eigenvalue weighted by Crippen LogP contribution is 2.21. The average molecular weight is 356 g/mol. The molecule has 3 N–H and O–H groups in total. The lowest BCUT2D eigenvalue weighted by Crippen LogP contribution is -2.38. The van der Waals surface area contributed by atoms with Crippen LogP contribution in [0.2, 0.25) is 0 Å². The zero-order valence-electron chi connectivity index (χ0n) is 14.9. The van der Waals surface area contributed by atoms with Crippen molar-refractivity contribution in [3.05, 3.63) is 69.8 Å². The van der Waals surface area contributed by atoms with Crippen molar-refractivity contribution >= 4 is 17.3 Å². The first-order valence-electron chi connectivity index (χ1n) is 8.51. The Morgan fingerprint density at radius 2 is 1.92 bits per heavy atom. The second-order valence-electron chi connectivity index (χ2n) is 6.10. The normalized spacial score (nSPS) is 10.7. The molecule has 0 aliphatic rings. The monoisotopic (exact) mass is 356 g/mol. The van der Waals surface area contributed by atoms with Gasteiger partial charge in [0, 0.05) is 31.8 Å². The lowest BCUT2D eigenvalue weighted by atomic mass is 10.1. The standard InChI is InChI=1S/C19H24N4O3/c1-15-7-8-17(23(25)26)13-18(15)21-19(24)14-22(12-10-20)11-9-16-5-3-2-4-6-16/h2-8,13H,9-12,14,20H2,1H3,(H,21,24). The number of nitrogens with two attached hydrogens (primary N) is 1. The van der Waals surface area contributed by atoms with Crippen molar-refractivity contribution in [3.8, 4) is 0 Å². The quantitative estimate of drug-likeness (QED) is 0.530. The summed E-state index contributed by atoms with van der Waals surface area (Å²) in [6.07, 6.45) is 0.823. The van der Waals surface area contributed by atoms with E-state index in [1.54, 1.807) is 13.0 Å². The summed E-state index contributed by atoms with van der Waals surface area (Å²) in [4.78, 5) is 24.8. The van der Waals surface area contributed by atoms with Gasteiger partial charge in [-0.2, -0.15) is 0 Å². The maximum atomic E-state index is 12.4. The number of anilines is 1. The number of non-ortho nitro benzene ring substituents is 1. The number of nitro groups is 1. The van der Waals surface area contributed by atoms with E-state index in [0.717, 1.165) is 12.0 Å². The first-order chi connectivity index (χ1) is 12.5. The van der Waals surface area contributed by atoms with E-state index in [2.05, 4.69) is 5.32 Å². The molecule has 0 aliphatic carbocycles. The van der Waals surface area contributed by atoms with E-state index in [-0.39, 0.29) is 18.1 Å². The van der Waals surface area contributed by atoms with Crippen LogP contribution in [0.4, 0.5) is 11.4 Å². The number of aryl methyl sites for hydroxylation is 1. The third kappa shape index (κ3) is 5.94. The number of rotatable bonds is 9. The second-order valence-corrected chi connectivity index (χ2v) is 6.10. The highest BCUT2D eigenvalue weighted by atomic mass is 16.6. The molecule has 0 atom stereocenters. The van der Waals surface area contributed by atoms with E-state index >= 15 is 0 Å². The molecule has 7 heteroatoms. The number of nitrogens with one attached hydrogen (secondary N) is 1. The number of nitrogens with zero attached hydrogens (tertiary/aromatic N) is 2. The van der Waals surface area contributed by atoms with Crippen molar-refractivity contribution in [3.63, 3.8) is 0 Å². The fraction of sp³-hybridized carbons (Fsp3) is 0.316. The Hall–Kier alpha value is -2.77. The molecule has 2 aromatic carbocycles. The number of carbonyl (C=O) groups is 1. The molecule has 0 fully saturated rings. The van der Waals surface area contributed by atoms with Crippen molar-refractivity contribution in [2.75, 3.05) is 31.5 Å². The van der Waals surface area contributed by atoms with E-state index < -0.39 is 4.92 Å². The zero-order chi connectivity index (χ0) is 18.9. The number of carbonyl (C=O) groups excluding carboxylic acids is 1.